The van der Waals surface area contributed by atoms with Crippen LogP contribution in [0.25, 0.3) is 0 Å². The van der Waals surface area contributed by atoms with Gasteiger partial charge < -0.3 is 5.11 Å². The Morgan fingerprint density at radius 3 is 2.70 bits per heavy atom. The molecule has 110 valence electrons. The Hall–Kier alpha value is -1.47. The lowest BCUT2D eigenvalue weighted by Crippen LogP contribution is -2.33. The molecule has 1 aromatic carbocycles. The summed E-state index contributed by atoms with van der Waals surface area (Å²) in [5.74, 6) is -2.05. The summed E-state index contributed by atoms with van der Waals surface area (Å²) < 4.78 is 40.1. The molecule has 1 aromatic rings. The van der Waals surface area contributed by atoms with Crippen molar-refractivity contribution in [2.45, 2.75) is 37.1 Å². The van der Waals surface area contributed by atoms with Crippen molar-refractivity contribution in [2.75, 3.05) is 0 Å². The summed E-state index contributed by atoms with van der Waals surface area (Å²) in [4.78, 5) is 10.8. The Labute approximate surface area is 116 Å². The largest absolute Gasteiger partial charge is 0.481 e. The zero-order chi connectivity index (χ0) is 14.9. The lowest BCUT2D eigenvalue weighted by molar-refractivity contribution is -0.141. The van der Waals surface area contributed by atoms with Gasteiger partial charge in [-0.05, 0) is 43.9 Å². The average molecular weight is 301 g/mol. The Bertz CT molecular complexity index is 629. The molecule has 0 spiro atoms. The molecule has 0 aliphatic heterocycles. The van der Waals surface area contributed by atoms with Gasteiger partial charge in [-0.15, -0.1) is 0 Å². The molecule has 0 radical (unpaired) electrons. The van der Waals surface area contributed by atoms with Gasteiger partial charge in [0.25, 0.3) is 0 Å². The van der Waals surface area contributed by atoms with Gasteiger partial charge >= 0.3 is 5.97 Å². The molecule has 1 saturated carbocycles. The van der Waals surface area contributed by atoms with Gasteiger partial charge in [0.05, 0.1) is 10.8 Å². The molecule has 20 heavy (non-hydrogen) atoms. The molecular formula is C13H16FNO4S. The van der Waals surface area contributed by atoms with E-state index >= 15 is 0 Å². The van der Waals surface area contributed by atoms with E-state index in [1.165, 1.54) is 12.1 Å². The van der Waals surface area contributed by atoms with Crippen LogP contribution >= 0.6 is 0 Å². The van der Waals surface area contributed by atoms with E-state index in [0.29, 0.717) is 18.4 Å². The number of nitrogens with one attached hydrogen (secondary N) is 1. The lowest BCUT2D eigenvalue weighted by atomic mass is 10.1. The fraction of sp³-hybridized carbons (Fsp3) is 0.462. The van der Waals surface area contributed by atoms with Crippen molar-refractivity contribution in [1.82, 2.24) is 4.72 Å². The van der Waals surface area contributed by atoms with Gasteiger partial charge in [-0.25, -0.2) is 17.5 Å². The fourth-order valence-corrected chi connectivity index (χ4v) is 4.00. The Balaban J connectivity index is 2.16. The molecule has 2 atom stereocenters. The summed E-state index contributed by atoms with van der Waals surface area (Å²) in [6, 6.07) is 3.16. The highest BCUT2D eigenvalue weighted by molar-refractivity contribution is 7.89. The standard InChI is InChI=1S/C13H16FNO4S/c1-8-2-4-10(14)7-12(8)20(18,19)15-11-5-3-9(6-11)13(16)17/h2,4,7,9,11,15H,3,5-6H2,1H3,(H,16,17). The van der Waals surface area contributed by atoms with E-state index in [9.17, 15) is 17.6 Å². The van der Waals surface area contributed by atoms with Crippen molar-refractivity contribution in [3.05, 3.63) is 29.6 Å². The normalized spacial score (nSPS) is 22.9. The molecule has 2 unspecified atom stereocenters. The van der Waals surface area contributed by atoms with Crippen LogP contribution in [0.4, 0.5) is 4.39 Å². The highest BCUT2D eigenvalue weighted by Crippen LogP contribution is 2.27. The van der Waals surface area contributed by atoms with Crippen molar-refractivity contribution >= 4 is 16.0 Å². The lowest BCUT2D eigenvalue weighted by Gasteiger charge is -2.14. The Morgan fingerprint density at radius 2 is 2.10 bits per heavy atom. The van der Waals surface area contributed by atoms with Gasteiger partial charge in [-0.1, -0.05) is 6.07 Å². The van der Waals surface area contributed by atoms with Gasteiger partial charge in [-0.3, -0.25) is 4.79 Å². The number of hydrogen-bond donors (Lipinski definition) is 2. The highest BCUT2D eigenvalue weighted by Gasteiger charge is 2.32. The number of carbonyl (C=O) groups is 1. The van der Waals surface area contributed by atoms with Gasteiger partial charge in [-0.2, -0.15) is 0 Å². The Kier molecular flexibility index (Phi) is 4.10. The summed E-state index contributed by atoms with van der Waals surface area (Å²) >= 11 is 0. The third-order valence-corrected chi connectivity index (χ3v) is 5.21. The summed E-state index contributed by atoms with van der Waals surface area (Å²) in [6.07, 6.45) is 1.19. The number of aliphatic carboxylic acids is 1. The highest BCUT2D eigenvalue weighted by atomic mass is 32.2. The maximum absolute atomic E-state index is 13.2. The van der Waals surface area contributed by atoms with Crippen LogP contribution in [0.3, 0.4) is 0 Å². The van der Waals surface area contributed by atoms with E-state index in [-0.39, 0.29) is 11.3 Å². The molecule has 1 aliphatic carbocycles. The zero-order valence-corrected chi connectivity index (χ0v) is 11.8. The minimum Gasteiger partial charge on any atom is -0.481 e. The average Bonchev–Trinajstić information content (AvgIpc) is 2.80. The van der Waals surface area contributed by atoms with Crippen molar-refractivity contribution in [3.8, 4) is 0 Å². The van der Waals surface area contributed by atoms with E-state index in [0.717, 1.165) is 6.07 Å². The van der Waals surface area contributed by atoms with E-state index in [2.05, 4.69) is 4.72 Å². The summed E-state index contributed by atoms with van der Waals surface area (Å²) in [7, 11) is -3.83. The maximum atomic E-state index is 13.2. The maximum Gasteiger partial charge on any atom is 0.306 e. The van der Waals surface area contributed by atoms with Crippen molar-refractivity contribution in [2.24, 2.45) is 5.92 Å². The first-order valence-electron chi connectivity index (χ1n) is 6.31. The number of rotatable bonds is 4. The van der Waals surface area contributed by atoms with Crippen molar-refractivity contribution < 1.29 is 22.7 Å². The van der Waals surface area contributed by atoms with Crippen LogP contribution in [0.1, 0.15) is 24.8 Å². The number of carboxylic acid groups (broad SMARTS) is 1. The zero-order valence-electron chi connectivity index (χ0n) is 11.0. The molecule has 0 aromatic heterocycles. The number of sulfonamides is 1. The first-order chi connectivity index (χ1) is 9.29. The Morgan fingerprint density at radius 1 is 1.40 bits per heavy atom. The van der Waals surface area contributed by atoms with Gasteiger partial charge in [0, 0.05) is 6.04 Å². The third-order valence-electron chi connectivity index (χ3n) is 3.54. The number of aryl methyl sites for hydroxylation is 1. The molecule has 1 aliphatic rings. The van der Waals surface area contributed by atoms with E-state index in [1.54, 1.807) is 6.92 Å². The number of carboxylic acids is 1. The van der Waals surface area contributed by atoms with Crippen molar-refractivity contribution in [3.63, 3.8) is 0 Å². The number of hydrogen-bond acceptors (Lipinski definition) is 3. The van der Waals surface area contributed by atoms with Gasteiger partial charge in [0.1, 0.15) is 5.82 Å². The van der Waals surface area contributed by atoms with Gasteiger partial charge in [0.2, 0.25) is 10.0 Å². The van der Waals surface area contributed by atoms with Crippen LogP contribution in [0, 0.1) is 18.7 Å². The van der Waals surface area contributed by atoms with Crippen LogP contribution in [0.15, 0.2) is 23.1 Å². The predicted molar refractivity (Wildman–Crippen MR) is 70.2 cm³/mol. The van der Waals surface area contributed by atoms with Crippen LogP contribution in [-0.4, -0.2) is 25.5 Å². The molecule has 0 saturated heterocycles. The molecule has 7 heteroatoms. The molecule has 0 amide bonds. The van der Waals surface area contributed by atoms with Crippen LogP contribution < -0.4 is 4.72 Å². The first kappa shape index (κ1) is 14.9. The SMILES string of the molecule is Cc1ccc(F)cc1S(=O)(=O)NC1CCC(C(=O)O)C1. The van der Waals surface area contributed by atoms with Gasteiger partial charge in [0.15, 0.2) is 0 Å². The molecule has 1 fully saturated rings. The first-order valence-corrected chi connectivity index (χ1v) is 7.79. The smallest absolute Gasteiger partial charge is 0.306 e. The molecule has 0 bridgehead atoms. The van der Waals surface area contributed by atoms with E-state index in [4.69, 9.17) is 5.11 Å². The molecule has 5 nitrogen and oxygen atoms in total. The molecule has 2 rings (SSSR count). The predicted octanol–water partition coefficient (Wildman–Crippen LogP) is 1.67. The second kappa shape index (κ2) is 5.49. The van der Waals surface area contributed by atoms with Crippen LogP contribution in [0.2, 0.25) is 0 Å². The summed E-state index contributed by atoms with van der Waals surface area (Å²) in [5, 5.41) is 8.90. The third kappa shape index (κ3) is 3.16. The molecule has 2 N–H and O–H groups in total. The van der Waals surface area contributed by atoms with Crippen LogP contribution in [-0.2, 0) is 14.8 Å². The van der Waals surface area contributed by atoms with E-state index < -0.39 is 33.8 Å². The summed E-state index contributed by atoms with van der Waals surface area (Å²) in [5.41, 5.74) is 0.451. The summed E-state index contributed by atoms with van der Waals surface area (Å²) in [6.45, 7) is 1.59. The number of benzene rings is 1. The van der Waals surface area contributed by atoms with Crippen LogP contribution in [0.5, 0.6) is 0 Å². The molecule has 0 heterocycles. The topological polar surface area (TPSA) is 83.5 Å². The minimum absolute atomic E-state index is 0.101. The second-order valence-corrected chi connectivity index (χ2v) is 6.76. The number of halogens is 1. The van der Waals surface area contributed by atoms with Crippen molar-refractivity contribution in [1.29, 1.82) is 0 Å². The second-order valence-electron chi connectivity index (χ2n) is 5.08. The minimum atomic E-state index is -3.83. The van der Waals surface area contributed by atoms with E-state index in [1.807, 2.05) is 0 Å². The molecular weight excluding hydrogens is 285 g/mol. The fourth-order valence-electron chi connectivity index (χ4n) is 2.46. The quantitative estimate of drug-likeness (QED) is 0.886. The monoisotopic (exact) mass is 301 g/mol.